The van der Waals surface area contributed by atoms with Crippen molar-refractivity contribution in [2.75, 3.05) is 18.0 Å². The van der Waals surface area contributed by atoms with Gasteiger partial charge in [0.05, 0.1) is 16.9 Å². The van der Waals surface area contributed by atoms with E-state index < -0.39 is 5.60 Å². The van der Waals surface area contributed by atoms with Gasteiger partial charge in [0.2, 0.25) is 5.95 Å². The molecule has 0 spiro atoms. The zero-order valence-electron chi connectivity index (χ0n) is 20.1. The summed E-state index contributed by atoms with van der Waals surface area (Å²) in [6, 6.07) is 0.962. The number of aromatic nitrogens is 2. The van der Waals surface area contributed by atoms with Gasteiger partial charge in [-0.05, 0) is 76.5 Å². The van der Waals surface area contributed by atoms with Crippen LogP contribution in [0.4, 0.5) is 5.95 Å². The molecule has 1 aromatic rings. The Hall–Kier alpha value is -1.73. The summed E-state index contributed by atoms with van der Waals surface area (Å²) in [5.41, 5.74) is 1.15. The van der Waals surface area contributed by atoms with E-state index in [2.05, 4.69) is 29.4 Å². The van der Waals surface area contributed by atoms with Crippen molar-refractivity contribution < 1.29 is 9.90 Å². The molecular weight excluding hydrogens is 414 g/mol. The van der Waals surface area contributed by atoms with Gasteiger partial charge >= 0.3 is 0 Å². The molecule has 2 heterocycles. The van der Waals surface area contributed by atoms with Gasteiger partial charge in [0.25, 0.3) is 5.91 Å². The molecule has 4 unspecified atom stereocenters. The molecule has 5 aliphatic carbocycles. The van der Waals surface area contributed by atoms with Gasteiger partial charge in [-0.1, -0.05) is 12.8 Å². The van der Waals surface area contributed by atoms with Crippen molar-refractivity contribution in [1.82, 2.24) is 20.6 Å². The molecular formula is C26H39N5O2. The molecule has 1 saturated heterocycles. The number of piperazine rings is 1. The molecule has 4 bridgehead atoms. The average molecular weight is 454 g/mol. The number of amides is 1. The number of carbonyl (C=O) groups excluding carboxylic acids is 1. The van der Waals surface area contributed by atoms with Crippen molar-refractivity contribution in [3.63, 3.8) is 0 Å². The van der Waals surface area contributed by atoms with Crippen LogP contribution in [0.25, 0.3) is 0 Å². The van der Waals surface area contributed by atoms with Gasteiger partial charge in [-0.25, -0.2) is 9.97 Å². The Labute approximate surface area is 197 Å². The van der Waals surface area contributed by atoms with Crippen molar-refractivity contribution in [2.45, 2.75) is 101 Å². The Balaban J connectivity index is 1.25. The molecule has 0 radical (unpaired) electrons. The zero-order valence-corrected chi connectivity index (χ0v) is 20.1. The summed E-state index contributed by atoms with van der Waals surface area (Å²) < 4.78 is 0. The molecule has 1 aromatic heterocycles. The highest BCUT2D eigenvalue weighted by atomic mass is 16.3. The summed E-state index contributed by atoms with van der Waals surface area (Å²) in [5, 5.41) is 17.9. The minimum absolute atomic E-state index is 0.00467. The van der Waals surface area contributed by atoms with Crippen LogP contribution >= 0.6 is 0 Å². The van der Waals surface area contributed by atoms with E-state index >= 15 is 0 Å². The van der Waals surface area contributed by atoms with Gasteiger partial charge in [0, 0.05) is 43.3 Å². The van der Waals surface area contributed by atoms with Crippen molar-refractivity contribution in [2.24, 2.45) is 17.8 Å². The molecule has 4 atom stereocenters. The maximum absolute atomic E-state index is 13.6. The zero-order chi connectivity index (χ0) is 22.7. The number of carbonyl (C=O) groups is 1. The number of anilines is 1. The fourth-order valence-electron chi connectivity index (χ4n) is 8.16. The van der Waals surface area contributed by atoms with Gasteiger partial charge in [0.1, 0.15) is 0 Å². The van der Waals surface area contributed by atoms with E-state index in [9.17, 15) is 9.90 Å². The number of aliphatic hydroxyl groups is 1. The fraction of sp³-hybridized carbons (Fsp3) is 0.808. The lowest BCUT2D eigenvalue weighted by Gasteiger charge is -2.58. The molecule has 1 amide bonds. The first kappa shape index (κ1) is 21.8. The van der Waals surface area contributed by atoms with Gasteiger partial charge < -0.3 is 20.6 Å². The summed E-state index contributed by atoms with van der Waals surface area (Å²) in [4.78, 5) is 25.6. The van der Waals surface area contributed by atoms with Crippen molar-refractivity contribution >= 4 is 11.9 Å². The van der Waals surface area contributed by atoms with Gasteiger partial charge in [0.15, 0.2) is 0 Å². The highest BCUT2D eigenvalue weighted by molar-refractivity contribution is 5.95. The SMILES string of the molecule is CC1CN(c2ncc(C(=O)NC3C4CC5CC3CC(O)(C5)C4)c(C3CCCC3)n2)CC(C)N1. The summed E-state index contributed by atoms with van der Waals surface area (Å²) in [7, 11) is 0. The number of nitrogens with zero attached hydrogens (tertiary/aromatic N) is 3. The Kier molecular flexibility index (Phi) is 5.41. The predicted molar refractivity (Wildman–Crippen MR) is 127 cm³/mol. The number of hydrogen-bond acceptors (Lipinski definition) is 6. The van der Waals surface area contributed by atoms with E-state index in [1.54, 1.807) is 6.20 Å². The topological polar surface area (TPSA) is 90.4 Å². The molecule has 5 saturated carbocycles. The predicted octanol–water partition coefficient (Wildman–Crippen LogP) is 2.99. The van der Waals surface area contributed by atoms with Crippen molar-refractivity contribution in [3.05, 3.63) is 17.5 Å². The Morgan fingerprint density at radius 3 is 2.42 bits per heavy atom. The second-order valence-electron chi connectivity index (χ2n) is 12.0. The lowest BCUT2D eigenvalue weighted by molar-refractivity contribution is -0.136. The molecule has 6 aliphatic rings. The normalized spacial score (nSPS) is 40.4. The third-order valence-electron chi connectivity index (χ3n) is 9.17. The molecule has 1 aliphatic heterocycles. The van der Waals surface area contributed by atoms with Crippen molar-refractivity contribution in [3.8, 4) is 0 Å². The van der Waals surface area contributed by atoms with Crippen molar-refractivity contribution in [1.29, 1.82) is 0 Å². The quantitative estimate of drug-likeness (QED) is 0.649. The van der Waals surface area contributed by atoms with Crippen LogP contribution in [-0.2, 0) is 0 Å². The second kappa shape index (κ2) is 8.19. The Bertz CT molecular complexity index is 890. The molecule has 7 heteroatoms. The standard InChI is InChI=1S/C26H39N5O2/c1-15-13-31(14-16(2)28-15)25-27-12-21(23(30-25)18-5-3-4-6-18)24(32)29-22-19-7-17-8-20(22)11-26(33,9-17)10-19/h12,15-20,22,28,33H,3-11,13-14H2,1-2H3,(H,29,32). The van der Waals surface area contributed by atoms with Crippen LogP contribution in [0.3, 0.4) is 0 Å². The molecule has 180 valence electrons. The first-order valence-corrected chi connectivity index (χ1v) is 13.3. The van der Waals surface area contributed by atoms with E-state index in [0.717, 1.165) is 69.7 Å². The van der Waals surface area contributed by atoms with Crippen LogP contribution in [0.1, 0.15) is 93.6 Å². The maximum Gasteiger partial charge on any atom is 0.254 e. The number of nitrogens with one attached hydrogen (secondary N) is 2. The van der Waals surface area contributed by atoms with Gasteiger partial charge in [-0.2, -0.15) is 0 Å². The molecule has 0 aromatic carbocycles. The van der Waals surface area contributed by atoms with E-state index in [1.807, 2.05) is 0 Å². The lowest BCUT2D eigenvalue weighted by atomic mass is 9.52. The fourth-order valence-corrected chi connectivity index (χ4v) is 8.16. The second-order valence-corrected chi connectivity index (χ2v) is 12.0. The maximum atomic E-state index is 13.6. The summed E-state index contributed by atoms with van der Waals surface area (Å²) in [5.74, 6) is 2.57. The number of rotatable bonds is 4. The van der Waals surface area contributed by atoms with Crippen LogP contribution in [0.15, 0.2) is 6.20 Å². The minimum atomic E-state index is -0.477. The average Bonchev–Trinajstić information content (AvgIpc) is 3.29. The third-order valence-corrected chi connectivity index (χ3v) is 9.17. The molecule has 33 heavy (non-hydrogen) atoms. The first-order valence-electron chi connectivity index (χ1n) is 13.3. The number of hydrogen-bond donors (Lipinski definition) is 3. The third kappa shape index (κ3) is 4.05. The molecule has 3 N–H and O–H groups in total. The van der Waals surface area contributed by atoms with E-state index in [4.69, 9.17) is 9.97 Å². The largest absolute Gasteiger partial charge is 0.390 e. The monoisotopic (exact) mass is 453 g/mol. The van der Waals surface area contributed by atoms with Crippen LogP contribution in [0.5, 0.6) is 0 Å². The lowest BCUT2D eigenvalue weighted by Crippen LogP contribution is -2.61. The summed E-state index contributed by atoms with van der Waals surface area (Å²) >= 11 is 0. The highest BCUT2D eigenvalue weighted by Gasteiger charge is 2.55. The Morgan fingerprint density at radius 1 is 1.12 bits per heavy atom. The minimum Gasteiger partial charge on any atom is -0.390 e. The Morgan fingerprint density at radius 2 is 1.79 bits per heavy atom. The van der Waals surface area contributed by atoms with Crippen LogP contribution in [0.2, 0.25) is 0 Å². The van der Waals surface area contributed by atoms with Crippen LogP contribution in [0, 0.1) is 17.8 Å². The molecule has 7 nitrogen and oxygen atoms in total. The highest BCUT2D eigenvalue weighted by Crippen LogP contribution is 2.55. The van der Waals surface area contributed by atoms with E-state index in [0.29, 0.717) is 41.3 Å². The van der Waals surface area contributed by atoms with Crippen LogP contribution in [-0.4, -0.2) is 57.8 Å². The smallest absolute Gasteiger partial charge is 0.254 e. The van der Waals surface area contributed by atoms with E-state index in [-0.39, 0.29) is 11.9 Å². The van der Waals surface area contributed by atoms with Crippen LogP contribution < -0.4 is 15.5 Å². The first-order chi connectivity index (χ1) is 15.9. The summed E-state index contributed by atoms with van der Waals surface area (Å²) in [6.07, 6.45) is 11.4. The summed E-state index contributed by atoms with van der Waals surface area (Å²) in [6.45, 7) is 6.17. The molecule has 6 fully saturated rings. The van der Waals surface area contributed by atoms with E-state index in [1.165, 1.54) is 12.8 Å². The van der Waals surface area contributed by atoms with Gasteiger partial charge in [-0.3, -0.25) is 4.79 Å². The molecule has 7 rings (SSSR count). The van der Waals surface area contributed by atoms with Gasteiger partial charge in [-0.15, -0.1) is 0 Å².